The predicted molar refractivity (Wildman–Crippen MR) is 76.7 cm³/mol. The second-order valence-corrected chi connectivity index (χ2v) is 6.05. The number of nitrogens with one attached hydrogen (secondary N) is 1. The number of benzene rings is 1. The maximum atomic E-state index is 5.91. The van der Waals surface area contributed by atoms with Crippen molar-refractivity contribution < 1.29 is 0 Å². The fourth-order valence-corrected chi connectivity index (χ4v) is 2.98. The molecule has 2 rings (SSSR count). The van der Waals surface area contributed by atoms with E-state index in [0.29, 0.717) is 12.1 Å². The number of nitrogens with two attached hydrogens (primary N) is 1. The van der Waals surface area contributed by atoms with Crippen molar-refractivity contribution in [3.8, 4) is 0 Å². The van der Waals surface area contributed by atoms with Crippen molar-refractivity contribution in [1.29, 1.82) is 0 Å². The van der Waals surface area contributed by atoms with Crippen molar-refractivity contribution in [3.63, 3.8) is 0 Å². The normalized spacial score (nSPS) is 24.6. The minimum atomic E-state index is 0.427. The zero-order chi connectivity index (χ0) is 12.1. The Morgan fingerprint density at radius 2 is 1.82 bits per heavy atom. The van der Waals surface area contributed by atoms with Crippen LogP contribution in [0.5, 0.6) is 0 Å². The van der Waals surface area contributed by atoms with Gasteiger partial charge in [-0.3, -0.25) is 0 Å². The van der Waals surface area contributed by atoms with Gasteiger partial charge in [0.25, 0.3) is 0 Å². The third kappa shape index (κ3) is 3.93. The van der Waals surface area contributed by atoms with E-state index in [-0.39, 0.29) is 0 Å². The van der Waals surface area contributed by atoms with Crippen LogP contribution >= 0.6 is 11.8 Å². The Morgan fingerprint density at radius 1 is 1.18 bits per heavy atom. The lowest BCUT2D eigenvalue weighted by molar-refractivity contribution is 0.411. The standard InChI is InChI=1S/C14H22N2S/c1-2-17-14-9-7-13(8-10-14)16-12-5-3-11(15)4-6-12/h7-12,16H,2-6,15H2,1H3. The van der Waals surface area contributed by atoms with Crippen LogP contribution in [-0.2, 0) is 0 Å². The molecule has 0 unspecified atom stereocenters. The molecule has 0 aromatic heterocycles. The molecular formula is C14H22N2S. The van der Waals surface area contributed by atoms with Crippen LogP contribution in [0.3, 0.4) is 0 Å². The fraction of sp³-hybridized carbons (Fsp3) is 0.571. The lowest BCUT2D eigenvalue weighted by Crippen LogP contribution is -2.32. The van der Waals surface area contributed by atoms with Crippen molar-refractivity contribution in [1.82, 2.24) is 0 Å². The Kier molecular flexibility index (Phi) is 4.75. The molecule has 1 fully saturated rings. The fourth-order valence-electron chi connectivity index (χ4n) is 2.31. The van der Waals surface area contributed by atoms with Crippen LogP contribution in [0.2, 0.25) is 0 Å². The van der Waals surface area contributed by atoms with Crippen molar-refractivity contribution in [3.05, 3.63) is 24.3 Å². The first-order valence-electron chi connectivity index (χ1n) is 6.53. The summed E-state index contributed by atoms with van der Waals surface area (Å²) in [4.78, 5) is 1.35. The van der Waals surface area contributed by atoms with Gasteiger partial charge in [-0.15, -0.1) is 11.8 Å². The molecule has 0 radical (unpaired) electrons. The van der Waals surface area contributed by atoms with Crippen LogP contribution in [0.25, 0.3) is 0 Å². The maximum Gasteiger partial charge on any atom is 0.0343 e. The van der Waals surface area contributed by atoms with Gasteiger partial charge in [0.15, 0.2) is 0 Å². The van der Waals surface area contributed by atoms with Crippen LogP contribution in [0.1, 0.15) is 32.6 Å². The quantitative estimate of drug-likeness (QED) is 0.803. The summed E-state index contributed by atoms with van der Waals surface area (Å²) in [6.45, 7) is 2.18. The molecule has 94 valence electrons. The second-order valence-electron chi connectivity index (χ2n) is 4.71. The van der Waals surface area contributed by atoms with E-state index >= 15 is 0 Å². The monoisotopic (exact) mass is 250 g/mol. The van der Waals surface area contributed by atoms with Gasteiger partial charge < -0.3 is 11.1 Å². The van der Waals surface area contributed by atoms with Gasteiger partial charge in [0.05, 0.1) is 0 Å². The van der Waals surface area contributed by atoms with E-state index in [1.54, 1.807) is 0 Å². The van der Waals surface area contributed by atoms with Gasteiger partial charge in [0.2, 0.25) is 0 Å². The number of hydrogen-bond donors (Lipinski definition) is 2. The molecule has 1 aromatic rings. The molecule has 0 heterocycles. The molecule has 0 aliphatic heterocycles. The molecule has 0 saturated heterocycles. The molecule has 3 N–H and O–H groups in total. The van der Waals surface area contributed by atoms with Gasteiger partial charge in [0.1, 0.15) is 0 Å². The van der Waals surface area contributed by atoms with Crippen molar-refractivity contribution in [2.24, 2.45) is 5.73 Å². The Hall–Kier alpha value is -0.670. The summed E-state index contributed by atoms with van der Waals surface area (Å²) >= 11 is 1.89. The van der Waals surface area contributed by atoms with Crippen molar-refractivity contribution in [2.45, 2.75) is 49.6 Å². The Labute approximate surface area is 108 Å². The summed E-state index contributed by atoms with van der Waals surface area (Å²) in [6, 6.07) is 9.81. The third-order valence-electron chi connectivity index (χ3n) is 3.31. The molecule has 2 nitrogen and oxygen atoms in total. The highest BCUT2D eigenvalue weighted by Gasteiger charge is 2.17. The van der Waals surface area contributed by atoms with Crippen LogP contribution in [0.4, 0.5) is 5.69 Å². The van der Waals surface area contributed by atoms with Gasteiger partial charge in [-0.25, -0.2) is 0 Å². The van der Waals surface area contributed by atoms with E-state index in [4.69, 9.17) is 5.73 Å². The van der Waals surface area contributed by atoms with Gasteiger partial charge in [-0.2, -0.15) is 0 Å². The summed E-state index contributed by atoms with van der Waals surface area (Å²) in [6.07, 6.45) is 4.71. The summed E-state index contributed by atoms with van der Waals surface area (Å²) in [5.41, 5.74) is 7.15. The van der Waals surface area contributed by atoms with E-state index in [0.717, 1.165) is 18.6 Å². The molecule has 1 aliphatic rings. The number of anilines is 1. The van der Waals surface area contributed by atoms with Gasteiger partial charge in [-0.05, 0) is 55.7 Å². The van der Waals surface area contributed by atoms with E-state index in [2.05, 4.69) is 36.5 Å². The Morgan fingerprint density at radius 3 is 2.41 bits per heavy atom. The van der Waals surface area contributed by atoms with Crippen molar-refractivity contribution >= 4 is 17.4 Å². The van der Waals surface area contributed by atoms with E-state index < -0.39 is 0 Å². The number of rotatable bonds is 4. The highest BCUT2D eigenvalue weighted by atomic mass is 32.2. The Bertz CT molecular complexity index is 329. The molecule has 0 atom stereocenters. The molecule has 1 aromatic carbocycles. The third-order valence-corrected chi connectivity index (χ3v) is 4.20. The SMILES string of the molecule is CCSc1ccc(NC2CCC(N)CC2)cc1. The minimum absolute atomic E-state index is 0.427. The molecule has 1 aliphatic carbocycles. The first-order valence-corrected chi connectivity index (χ1v) is 7.51. The molecular weight excluding hydrogens is 228 g/mol. The van der Waals surface area contributed by atoms with E-state index in [9.17, 15) is 0 Å². The Balaban J connectivity index is 1.86. The van der Waals surface area contributed by atoms with Crippen LogP contribution < -0.4 is 11.1 Å². The lowest BCUT2D eigenvalue weighted by Gasteiger charge is -2.27. The average molecular weight is 250 g/mol. The first-order chi connectivity index (χ1) is 8.28. The average Bonchev–Trinajstić information content (AvgIpc) is 2.35. The lowest BCUT2D eigenvalue weighted by atomic mass is 9.92. The van der Waals surface area contributed by atoms with Gasteiger partial charge in [0, 0.05) is 22.7 Å². The second kappa shape index (κ2) is 6.31. The topological polar surface area (TPSA) is 38.0 Å². The highest BCUT2D eigenvalue weighted by Crippen LogP contribution is 2.23. The molecule has 0 amide bonds. The maximum absolute atomic E-state index is 5.91. The van der Waals surface area contributed by atoms with Gasteiger partial charge >= 0.3 is 0 Å². The largest absolute Gasteiger partial charge is 0.382 e. The summed E-state index contributed by atoms with van der Waals surface area (Å²) in [7, 11) is 0. The minimum Gasteiger partial charge on any atom is -0.382 e. The summed E-state index contributed by atoms with van der Waals surface area (Å²) in [5, 5.41) is 3.61. The smallest absolute Gasteiger partial charge is 0.0343 e. The van der Waals surface area contributed by atoms with Crippen LogP contribution in [0, 0.1) is 0 Å². The van der Waals surface area contributed by atoms with Crippen LogP contribution in [0.15, 0.2) is 29.2 Å². The van der Waals surface area contributed by atoms with Crippen molar-refractivity contribution in [2.75, 3.05) is 11.1 Å². The molecule has 0 bridgehead atoms. The zero-order valence-corrected chi connectivity index (χ0v) is 11.3. The van der Waals surface area contributed by atoms with E-state index in [1.165, 1.54) is 23.4 Å². The summed E-state index contributed by atoms with van der Waals surface area (Å²) < 4.78 is 0. The summed E-state index contributed by atoms with van der Waals surface area (Å²) in [5.74, 6) is 1.13. The molecule has 3 heteroatoms. The molecule has 1 saturated carbocycles. The molecule has 0 spiro atoms. The zero-order valence-electron chi connectivity index (χ0n) is 10.5. The van der Waals surface area contributed by atoms with Crippen LogP contribution in [-0.4, -0.2) is 17.8 Å². The number of hydrogen-bond acceptors (Lipinski definition) is 3. The van der Waals surface area contributed by atoms with Gasteiger partial charge in [-0.1, -0.05) is 6.92 Å². The number of thioether (sulfide) groups is 1. The molecule has 17 heavy (non-hydrogen) atoms. The van der Waals surface area contributed by atoms with E-state index in [1.807, 2.05) is 11.8 Å². The first kappa shape index (κ1) is 12.8. The highest BCUT2D eigenvalue weighted by molar-refractivity contribution is 7.99. The predicted octanol–water partition coefficient (Wildman–Crippen LogP) is 3.48.